The van der Waals surface area contributed by atoms with Crippen molar-refractivity contribution in [2.75, 3.05) is 6.61 Å². The molecule has 0 saturated heterocycles. The molecule has 0 bridgehead atoms. The third kappa shape index (κ3) is 1.77. The van der Waals surface area contributed by atoms with Crippen LogP contribution in [-0.2, 0) is 9.53 Å². The van der Waals surface area contributed by atoms with Crippen LogP contribution in [0.2, 0.25) is 0 Å². The van der Waals surface area contributed by atoms with Crippen molar-refractivity contribution in [1.82, 2.24) is 0 Å². The van der Waals surface area contributed by atoms with Crippen LogP contribution >= 0.6 is 0 Å². The molecule has 0 aliphatic heterocycles. The minimum atomic E-state index is -0.450. The van der Waals surface area contributed by atoms with E-state index in [1.807, 2.05) is 13.8 Å². The van der Waals surface area contributed by atoms with Gasteiger partial charge in [-0.25, -0.2) is 0 Å². The maximum absolute atomic E-state index is 11.6. The van der Waals surface area contributed by atoms with Gasteiger partial charge in [0.2, 0.25) is 0 Å². The van der Waals surface area contributed by atoms with Gasteiger partial charge < -0.3 is 4.74 Å². The van der Waals surface area contributed by atoms with E-state index in [4.69, 9.17) is 4.74 Å². The van der Waals surface area contributed by atoms with Gasteiger partial charge in [0.15, 0.2) is 0 Å². The average Bonchev–Trinajstić information content (AvgIpc) is 2.01. The maximum Gasteiger partial charge on any atom is 0.315 e. The second-order valence-electron chi connectivity index (χ2n) is 3.84. The lowest BCUT2D eigenvalue weighted by Gasteiger charge is -2.38. The Balaban J connectivity index is 2.66. The smallest absolute Gasteiger partial charge is 0.315 e. The minimum Gasteiger partial charge on any atom is -0.465 e. The van der Waals surface area contributed by atoms with Gasteiger partial charge in [-0.2, -0.15) is 0 Å². The quantitative estimate of drug-likeness (QED) is 0.493. The molecule has 0 amide bonds. The van der Waals surface area contributed by atoms with Gasteiger partial charge in [-0.05, 0) is 32.6 Å². The molecule has 0 radical (unpaired) electrons. The van der Waals surface area contributed by atoms with Crippen molar-refractivity contribution in [2.45, 2.75) is 33.1 Å². The predicted octanol–water partition coefficient (Wildman–Crippen LogP) is 2.54. The number of hydrogen-bond acceptors (Lipinski definition) is 2. The Morgan fingerprint density at radius 3 is 2.62 bits per heavy atom. The zero-order valence-corrected chi connectivity index (χ0v) is 8.51. The highest BCUT2D eigenvalue weighted by Gasteiger charge is 2.42. The van der Waals surface area contributed by atoms with Gasteiger partial charge >= 0.3 is 5.97 Å². The van der Waals surface area contributed by atoms with Crippen molar-refractivity contribution < 1.29 is 9.53 Å². The van der Waals surface area contributed by atoms with Crippen LogP contribution in [0.5, 0.6) is 0 Å². The summed E-state index contributed by atoms with van der Waals surface area (Å²) in [6.07, 6.45) is 5.23. The fourth-order valence-electron chi connectivity index (χ4n) is 1.71. The summed E-state index contributed by atoms with van der Waals surface area (Å²) in [5.74, 6) is 0.332. The summed E-state index contributed by atoms with van der Waals surface area (Å²) in [5.41, 5.74) is -0.450. The minimum absolute atomic E-state index is 0.116. The van der Waals surface area contributed by atoms with Crippen LogP contribution in [0.15, 0.2) is 12.7 Å². The molecule has 1 rings (SSSR count). The summed E-state index contributed by atoms with van der Waals surface area (Å²) < 4.78 is 5.04. The summed E-state index contributed by atoms with van der Waals surface area (Å²) in [6, 6.07) is 0. The van der Waals surface area contributed by atoms with Gasteiger partial charge in [0.25, 0.3) is 0 Å². The SMILES string of the molecule is C=CC(C)(C(=O)OCC)C1CCC1. The number of rotatable bonds is 4. The van der Waals surface area contributed by atoms with Crippen molar-refractivity contribution in [2.24, 2.45) is 11.3 Å². The first-order chi connectivity index (χ1) is 6.15. The van der Waals surface area contributed by atoms with Crippen LogP contribution < -0.4 is 0 Å². The molecule has 1 aliphatic carbocycles. The molecule has 1 fully saturated rings. The van der Waals surface area contributed by atoms with Crippen LogP contribution in [-0.4, -0.2) is 12.6 Å². The summed E-state index contributed by atoms with van der Waals surface area (Å²) in [4.78, 5) is 11.6. The third-order valence-corrected chi connectivity index (χ3v) is 3.09. The highest BCUT2D eigenvalue weighted by atomic mass is 16.5. The second kappa shape index (κ2) is 3.95. The summed E-state index contributed by atoms with van der Waals surface area (Å²) in [7, 11) is 0. The molecule has 1 saturated carbocycles. The van der Waals surface area contributed by atoms with Crippen molar-refractivity contribution >= 4 is 5.97 Å². The molecule has 13 heavy (non-hydrogen) atoms. The predicted molar refractivity (Wildman–Crippen MR) is 52.3 cm³/mol. The lowest BCUT2D eigenvalue weighted by molar-refractivity contribution is -0.156. The number of carbonyl (C=O) groups excluding carboxylic acids is 1. The average molecular weight is 182 g/mol. The van der Waals surface area contributed by atoms with Gasteiger partial charge in [-0.1, -0.05) is 12.5 Å². The van der Waals surface area contributed by atoms with E-state index in [0.29, 0.717) is 12.5 Å². The number of hydrogen-bond donors (Lipinski definition) is 0. The molecule has 0 spiro atoms. The van der Waals surface area contributed by atoms with Gasteiger partial charge in [-0.3, -0.25) is 4.79 Å². The fraction of sp³-hybridized carbons (Fsp3) is 0.727. The monoisotopic (exact) mass is 182 g/mol. The van der Waals surface area contributed by atoms with E-state index in [-0.39, 0.29) is 5.97 Å². The molecule has 0 aromatic carbocycles. The van der Waals surface area contributed by atoms with Gasteiger partial charge in [0.1, 0.15) is 0 Å². The van der Waals surface area contributed by atoms with Gasteiger partial charge in [0.05, 0.1) is 12.0 Å². The molecule has 2 heteroatoms. The number of ether oxygens (including phenoxy) is 1. The first kappa shape index (κ1) is 10.3. The van der Waals surface area contributed by atoms with Crippen molar-refractivity contribution in [3.8, 4) is 0 Å². The van der Waals surface area contributed by atoms with Crippen molar-refractivity contribution in [3.63, 3.8) is 0 Å². The molecule has 0 aromatic heterocycles. The van der Waals surface area contributed by atoms with Crippen LogP contribution in [0.3, 0.4) is 0 Å². The molecular weight excluding hydrogens is 164 g/mol. The zero-order valence-electron chi connectivity index (χ0n) is 8.51. The van der Waals surface area contributed by atoms with Crippen LogP contribution in [0.1, 0.15) is 33.1 Å². The Kier molecular flexibility index (Phi) is 3.12. The summed E-state index contributed by atoms with van der Waals surface area (Å²) in [5, 5.41) is 0. The van der Waals surface area contributed by atoms with Gasteiger partial charge in [0, 0.05) is 0 Å². The molecule has 1 unspecified atom stereocenters. The van der Waals surface area contributed by atoms with E-state index in [1.54, 1.807) is 6.08 Å². The van der Waals surface area contributed by atoms with Crippen molar-refractivity contribution in [1.29, 1.82) is 0 Å². The van der Waals surface area contributed by atoms with E-state index in [2.05, 4.69) is 6.58 Å². The summed E-state index contributed by atoms with van der Waals surface area (Å²) >= 11 is 0. The van der Waals surface area contributed by atoms with E-state index in [9.17, 15) is 4.79 Å². The Morgan fingerprint density at radius 2 is 2.31 bits per heavy atom. The Labute approximate surface area is 80.0 Å². The zero-order chi connectivity index (χ0) is 9.90. The normalized spacial score (nSPS) is 21.4. The summed E-state index contributed by atoms with van der Waals surface area (Å²) in [6.45, 7) is 7.96. The third-order valence-electron chi connectivity index (χ3n) is 3.09. The highest BCUT2D eigenvalue weighted by molar-refractivity contribution is 5.79. The molecule has 0 heterocycles. The van der Waals surface area contributed by atoms with E-state index in [0.717, 1.165) is 12.8 Å². The number of carbonyl (C=O) groups is 1. The lowest BCUT2D eigenvalue weighted by Crippen LogP contribution is -2.39. The second-order valence-corrected chi connectivity index (χ2v) is 3.84. The molecule has 0 N–H and O–H groups in total. The van der Waals surface area contributed by atoms with E-state index < -0.39 is 5.41 Å². The van der Waals surface area contributed by atoms with E-state index in [1.165, 1.54) is 6.42 Å². The molecule has 0 aromatic rings. The number of esters is 1. The first-order valence-electron chi connectivity index (χ1n) is 4.96. The Bertz CT molecular complexity index is 206. The standard InChI is InChI=1S/C11H18O2/c1-4-11(3,9-7-6-8-9)10(12)13-5-2/h4,9H,1,5-8H2,2-3H3. The molecule has 1 aliphatic rings. The maximum atomic E-state index is 11.6. The molecule has 2 nitrogen and oxygen atoms in total. The Morgan fingerprint density at radius 1 is 1.69 bits per heavy atom. The van der Waals surface area contributed by atoms with Crippen LogP contribution in [0, 0.1) is 11.3 Å². The fourth-order valence-corrected chi connectivity index (χ4v) is 1.71. The topological polar surface area (TPSA) is 26.3 Å². The van der Waals surface area contributed by atoms with Crippen LogP contribution in [0.4, 0.5) is 0 Å². The van der Waals surface area contributed by atoms with Crippen molar-refractivity contribution in [3.05, 3.63) is 12.7 Å². The molecular formula is C11H18O2. The largest absolute Gasteiger partial charge is 0.465 e. The first-order valence-corrected chi connectivity index (χ1v) is 4.96. The highest BCUT2D eigenvalue weighted by Crippen LogP contribution is 2.43. The van der Waals surface area contributed by atoms with E-state index >= 15 is 0 Å². The molecule has 1 atom stereocenters. The van der Waals surface area contributed by atoms with Gasteiger partial charge in [-0.15, -0.1) is 6.58 Å². The van der Waals surface area contributed by atoms with Crippen LogP contribution in [0.25, 0.3) is 0 Å². The Hall–Kier alpha value is -0.790. The molecule has 74 valence electrons. The lowest BCUT2D eigenvalue weighted by atomic mass is 9.66.